The highest BCUT2D eigenvalue weighted by molar-refractivity contribution is 8.01. The number of aliphatic hydroxyl groups excluding tert-OH is 1. The molecule has 2 aromatic rings. The predicted octanol–water partition coefficient (Wildman–Crippen LogP) is 1.27. The lowest BCUT2D eigenvalue weighted by molar-refractivity contribution is -1.08. The maximum absolute atomic E-state index is 12.6. The number of carbonyl (C=O) groups excluding carboxylic acids is 2. The topological polar surface area (TPSA) is 134 Å². The Kier molecular flexibility index (Phi) is 6.97. The Morgan fingerprint density at radius 2 is 1.88 bits per heavy atom. The molecule has 4 saturated heterocycles. The zero-order valence-electron chi connectivity index (χ0n) is 22.9. The summed E-state index contributed by atoms with van der Waals surface area (Å²) in [5.74, 6) is -1.84. The minimum absolute atomic E-state index is 0.0730. The molecule has 0 radical (unpaired) electrons. The standard InChI is InChI=1S/C28H35N5O5S2/c1-16-19(25(27(37)38)31-24(16)23(17(2)34)26(31)36)15-39-28-30-20-13-18(3-4-21(20)40-28)5-6-32-7-10-33(11-8-32,12-9-32)14-22(29)35/h3-4,13,16-17,23-24,34H,5-12,14-15H2,1-2H3,(H-2,29,35,37,38)/p+2/t16-,17+,23+,24+,32?,33?/m0/s1. The number of hydrogen-bond acceptors (Lipinski definition) is 7. The number of β-lactam (4-membered cyclic amide) rings is 1. The number of rotatable bonds is 10. The summed E-state index contributed by atoms with van der Waals surface area (Å²) in [4.78, 5) is 42.4. The van der Waals surface area contributed by atoms with E-state index in [1.807, 2.05) is 6.92 Å². The molecule has 4 fully saturated rings. The summed E-state index contributed by atoms with van der Waals surface area (Å²) >= 11 is 3.11. The summed E-state index contributed by atoms with van der Waals surface area (Å²) in [7, 11) is 0. The molecule has 214 valence electrons. The van der Waals surface area contributed by atoms with Crippen LogP contribution >= 0.6 is 23.1 Å². The van der Waals surface area contributed by atoms with Gasteiger partial charge in [0.2, 0.25) is 5.91 Å². The summed E-state index contributed by atoms with van der Waals surface area (Å²) in [6, 6.07) is 6.20. The first-order valence-electron chi connectivity index (χ1n) is 14.0. The molecule has 0 unspecified atom stereocenters. The molecule has 6 heterocycles. The number of aliphatic hydroxyl groups is 1. The van der Waals surface area contributed by atoms with E-state index in [1.165, 1.54) is 22.2 Å². The number of benzene rings is 1. The summed E-state index contributed by atoms with van der Waals surface area (Å²) in [5, 5.41) is 19.9. The molecule has 2 bridgehead atoms. The van der Waals surface area contributed by atoms with Crippen molar-refractivity contribution in [2.45, 2.75) is 36.8 Å². The first-order valence-corrected chi connectivity index (χ1v) is 15.8. The number of carboxylic acid groups (broad SMARTS) is 1. The Balaban J connectivity index is 1.11. The molecular formula is C28H37N5O5S2+2. The second kappa shape index (κ2) is 10.1. The number of piperazine rings is 3. The van der Waals surface area contributed by atoms with Crippen LogP contribution in [0.15, 0.2) is 33.8 Å². The summed E-state index contributed by atoms with van der Waals surface area (Å²) < 4.78 is 3.95. The molecule has 10 nitrogen and oxygen atoms in total. The van der Waals surface area contributed by atoms with Crippen LogP contribution in [0.4, 0.5) is 0 Å². The molecule has 4 N–H and O–H groups in total. The van der Waals surface area contributed by atoms with E-state index in [0.29, 0.717) is 12.3 Å². The highest BCUT2D eigenvalue weighted by atomic mass is 32.2. The van der Waals surface area contributed by atoms with E-state index in [-0.39, 0.29) is 29.5 Å². The van der Waals surface area contributed by atoms with E-state index in [2.05, 4.69) is 18.2 Å². The summed E-state index contributed by atoms with van der Waals surface area (Å²) in [6.07, 6.45) is 0.175. The van der Waals surface area contributed by atoms with Crippen molar-refractivity contribution >= 4 is 51.1 Å². The van der Waals surface area contributed by atoms with Gasteiger partial charge in [-0.2, -0.15) is 0 Å². The van der Waals surface area contributed by atoms with Gasteiger partial charge in [-0.1, -0.05) is 24.8 Å². The number of amides is 2. The van der Waals surface area contributed by atoms with Gasteiger partial charge in [0.1, 0.15) is 45.0 Å². The highest BCUT2D eigenvalue weighted by Gasteiger charge is 2.59. The van der Waals surface area contributed by atoms with Crippen LogP contribution in [-0.4, -0.2) is 117 Å². The molecule has 0 spiro atoms. The highest BCUT2D eigenvalue weighted by Crippen LogP contribution is 2.48. The molecule has 1 aromatic heterocycles. The number of aliphatic carboxylic acids is 1. The predicted molar refractivity (Wildman–Crippen MR) is 152 cm³/mol. The van der Waals surface area contributed by atoms with Gasteiger partial charge in [0.15, 0.2) is 10.9 Å². The SMILES string of the molecule is C[C@@H](O)[C@H]1C(=O)N2C(C(=O)O)=C(CSc3nc4cc(CC[N+]56CC[N+](CC(N)=O)(CC5)CC6)ccc4s3)[C@H](C)[C@H]12. The van der Waals surface area contributed by atoms with Crippen molar-refractivity contribution in [1.82, 2.24) is 9.88 Å². The first-order chi connectivity index (χ1) is 19.0. The molecule has 5 aliphatic heterocycles. The van der Waals surface area contributed by atoms with Crippen LogP contribution in [0.5, 0.6) is 0 Å². The average Bonchev–Trinajstić information content (AvgIpc) is 3.42. The number of thioether (sulfide) groups is 1. The van der Waals surface area contributed by atoms with Crippen molar-refractivity contribution in [2.24, 2.45) is 17.6 Å². The van der Waals surface area contributed by atoms with Crippen molar-refractivity contribution in [1.29, 1.82) is 0 Å². The Morgan fingerprint density at radius 3 is 2.50 bits per heavy atom. The zero-order chi connectivity index (χ0) is 28.4. The van der Waals surface area contributed by atoms with E-state index in [1.54, 1.807) is 18.3 Å². The van der Waals surface area contributed by atoms with Crippen molar-refractivity contribution in [3.63, 3.8) is 0 Å². The van der Waals surface area contributed by atoms with Crippen LogP contribution in [0.3, 0.4) is 0 Å². The number of nitrogens with zero attached hydrogens (tertiary/aromatic N) is 4. The van der Waals surface area contributed by atoms with Crippen LogP contribution in [0.25, 0.3) is 10.2 Å². The smallest absolute Gasteiger partial charge is 0.352 e. The number of primary amides is 1. The number of thiazole rings is 1. The maximum Gasteiger partial charge on any atom is 0.352 e. The first kappa shape index (κ1) is 27.6. The van der Waals surface area contributed by atoms with Gasteiger partial charge in [-0.05, 0) is 30.2 Å². The number of nitrogens with two attached hydrogens (primary N) is 1. The van der Waals surface area contributed by atoms with Gasteiger partial charge < -0.3 is 29.8 Å². The number of carbonyl (C=O) groups is 3. The van der Waals surface area contributed by atoms with Gasteiger partial charge in [-0.3, -0.25) is 9.59 Å². The molecule has 0 aliphatic carbocycles. The maximum atomic E-state index is 12.6. The van der Waals surface area contributed by atoms with E-state index in [4.69, 9.17) is 10.7 Å². The fourth-order valence-electron chi connectivity index (χ4n) is 7.36. The van der Waals surface area contributed by atoms with Crippen molar-refractivity contribution in [3.05, 3.63) is 35.0 Å². The van der Waals surface area contributed by atoms with Gasteiger partial charge in [-0.25, -0.2) is 9.78 Å². The number of aromatic nitrogens is 1. The van der Waals surface area contributed by atoms with Gasteiger partial charge >= 0.3 is 5.97 Å². The molecule has 1 aromatic carbocycles. The summed E-state index contributed by atoms with van der Waals surface area (Å²) in [5.41, 5.74) is 8.54. The summed E-state index contributed by atoms with van der Waals surface area (Å²) in [6.45, 7) is 11.5. The van der Waals surface area contributed by atoms with Gasteiger partial charge in [0.05, 0.1) is 34.8 Å². The third kappa shape index (κ3) is 4.63. The third-order valence-corrected chi connectivity index (χ3v) is 12.0. The van der Waals surface area contributed by atoms with Gasteiger partial charge in [0, 0.05) is 18.1 Å². The fraction of sp³-hybridized carbons (Fsp3) is 0.571. The monoisotopic (exact) mass is 587 g/mol. The van der Waals surface area contributed by atoms with Crippen LogP contribution < -0.4 is 5.73 Å². The van der Waals surface area contributed by atoms with Gasteiger partial charge in [0.25, 0.3) is 5.91 Å². The Labute approximate surface area is 241 Å². The third-order valence-electron chi connectivity index (χ3n) is 9.81. The fourth-order valence-corrected chi connectivity index (χ4v) is 9.56. The lowest BCUT2D eigenvalue weighted by atomic mass is 9.78. The molecular weight excluding hydrogens is 550 g/mol. The minimum Gasteiger partial charge on any atom is -0.477 e. The van der Waals surface area contributed by atoms with Crippen molar-refractivity contribution < 1.29 is 33.6 Å². The Morgan fingerprint density at radius 1 is 1.20 bits per heavy atom. The molecule has 40 heavy (non-hydrogen) atoms. The van der Waals surface area contributed by atoms with Crippen LogP contribution in [0.1, 0.15) is 19.4 Å². The second-order valence-corrected chi connectivity index (χ2v) is 14.4. The molecule has 7 rings (SSSR count). The van der Waals surface area contributed by atoms with E-state index in [0.717, 1.165) is 81.3 Å². The lowest BCUT2D eigenvalue weighted by Gasteiger charge is -2.55. The minimum atomic E-state index is -1.09. The molecule has 4 atom stereocenters. The lowest BCUT2D eigenvalue weighted by Crippen LogP contribution is -2.76. The van der Waals surface area contributed by atoms with E-state index >= 15 is 0 Å². The van der Waals surface area contributed by atoms with Crippen LogP contribution in [-0.2, 0) is 20.8 Å². The zero-order valence-corrected chi connectivity index (χ0v) is 24.5. The van der Waals surface area contributed by atoms with E-state index in [9.17, 15) is 24.6 Å². The van der Waals surface area contributed by atoms with E-state index < -0.39 is 18.0 Å². The quantitative estimate of drug-likeness (QED) is 0.217. The Hall–Kier alpha value is -2.51. The van der Waals surface area contributed by atoms with Gasteiger partial charge in [-0.15, -0.1) is 11.3 Å². The number of hydrogen-bond donors (Lipinski definition) is 3. The largest absolute Gasteiger partial charge is 0.477 e. The Bertz CT molecular complexity index is 1400. The van der Waals surface area contributed by atoms with Crippen LogP contribution in [0, 0.1) is 11.8 Å². The normalized spacial score (nSPS) is 31.9. The molecule has 2 amide bonds. The molecule has 12 heteroatoms. The average molecular weight is 588 g/mol. The van der Waals surface area contributed by atoms with Crippen LogP contribution in [0.2, 0.25) is 0 Å². The second-order valence-electron chi connectivity index (χ2n) is 12.1. The molecule has 5 aliphatic rings. The number of quaternary nitrogens is 2. The van der Waals surface area contributed by atoms with Crippen molar-refractivity contribution in [2.75, 3.05) is 58.1 Å². The number of fused-ring (bicyclic) bond motifs is 5. The molecule has 0 saturated carbocycles. The van der Waals surface area contributed by atoms with Crippen molar-refractivity contribution in [3.8, 4) is 0 Å². The number of carboxylic acids is 1.